The molecule has 2 rings (SSSR count). The highest BCUT2D eigenvalue weighted by Gasteiger charge is 2.30. The number of anilines is 1. The van der Waals surface area contributed by atoms with Gasteiger partial charge in [0.2, 0.25) is 0 Å². The zero-order valence-electron chi connectivity index (χ0n) is 13.5. The molecule has 2 aromatic carbocycles. The number of carbonyl (C=O) groups excluding carboxylic acids is 2. The number of ether oxygens (including phenoxy) is 2. The van der Waals surface area contributed by atoms with Gasteiger partial charge in [-0.3, -0.25) is 10.2 Å². The van der Waals surface area contributed by atoms with Gasteiger partial charge in [-0.2, -0.15) is 0 Å². The molecule has 0 fully saturated rings. The maximum absolute atomic E-state index is 12.1. The number of alkyl halides is 3. The monoisotopic (exact) mass is 403 g/mol. The minimum Gasteiger partial charge on any atom is -0.484 e. The van der Waals surface area contributed by atoms with Crippen LogP contribution in [0.3, 0.4) is 0 Å². The average molecular weight is 404 g/mol. The third-order valence-corrected chi connectivity index (χ3v) is 3.19. The van der Waals surface area contributed by atoms with Gasteiger partial charge < -0.3 is 14.8 Å². The maximum Gasteiger partial charge on any atom is 0.573 e. The van der Waals surface area contributed by atoms with Crippen molar-refractivity contribution < 1.29 is 32.2 Å². The van der Waals surface area contributed by atoms with Gasteiger partial charge >= 0.3 is 12.4 Å². The van der Waals surface area contributed by atoms with Gasteiger partial charge in [-0.1, -0.05) is 23.7 Å². The van der Waals surface area contributed by atoms with E-state index in [1.165, 1.54) is 12.1 Å². The van der Waals surface area contributed by atoms with Crippen LogP contribution in [-0.4, -0.2) is 24.9 Å². The van der Waals surface area contributed by atoms with Gasteiger partial charge in [0.05, 0.1) is 10.7 Å². The minimum absolute atomic E-state index is 0.139. The number of hydrogen-bond donors (Lipinski definition) is 3. The third kappa shape index (κ3) is 7.32. The quantitative estimate of drug-likeness (QED) is 0.667. The van der Waals surface area contributed by atoms with Crippen LogP contribution >= 0.6 is 11.6 Å². The Balaban J connectivity index is 1.73. The predicted octanol–water partition coefficient (Wildman–Crippen LogP) is 3.47. The lowest BCUT2D eigenvalue weighted by molar-refractivity contribution is -0.274. The molecule has 0 bridgehead atoms. The van der Waals surface area contributed by atoms with E-state index in [0.717, 1.165) is 12.1 Å². The first-order valence-corrected chi connectivity index (χ1v) is 7.70. The molecular weight excluding hydrogens is 391 g/mol. The first kappa shape index (κ1) is 20.2. The van der Waals surface area contributed by atoms with Crippen LogP contribution < -0.4 is 25.6 Å². The molecule has 0 heterocycles. The number of benzene rings is 2. The molecule has 11 heteroatoms. The Bertz CT molecular complexity index is 800. The summed E-state index contributed by atoms with van der Waals surface area (Å²) in [5, 5.41) is 2.74. The topological polar surface area (TPSA) is 88.7 Å². The fourth-order valence-electron chi connectivity index (χ4n) is 1.77. The van der Waals surface area contributed by atoms with Crippen molar-refractivity contribution in [3.05, 3.63) is 53.6 Å². The Labute approximate surface area is 156 Å². The highest BCUT2D eigenvalue weighted by atomic mass is 35.5. The molecule has 0 radical (unpaired) electrons. The SMILES string of the molecule is O=C(COc1ccc(OC(F)(F)F)cc1)NNC(=O)Nc1ccccc1Cl. The second kappa shape index (κ2) is 8.99. The largest absolute Gasteiger partial charge is 0.573 e. The molecule has 0 spiro atoms. The van der Waals surface area contributed by atoms with Crippen LogP contribution in [0.15, 0.2) is 48.5 Å². The molecule has 3 N–H and O–H groups in total. The van der Waals surface area contributed by atoms with Crippen molar-refractivity contribution in [2.24, 2.45) is 0 Å². The Hall–Kier alpha value is -3.14. The van der Waals surface area contributed by atoms with Crippen LogP contribution in [-0.2, 0) is 4.79 Å². The molecular formula is C16H13ClF3N3O4. The Morgan fingerprint density at radius 3 is 2.22 bits per heavy atom. The molecule has 0 unspecified atom stereocenters. The summed E-state index contributed by atoms with van der Waals surface area (Å²) in [6, 6.07) is 10.2. The van der Waals surface area contributed by atoms with E-state index in [2.05, 4.69) is 20.9 Å². The van der Waals surface area contributed by atoms with Gasteiger partial charge in [-0.15, -0.1) is 13.2 Å². The molecule has 7 nitrogen and oxygen atoms in total. The smallest absolute Gasteiger partial charge is 0.484 e. The number of nitrogens with one attached hydrogen (secondary N) is 3. The van der Waals surface area contributed by atoms with Gasteiger partial charge in [0.25, 0.3) is 5.91 Å². The number of amides is 3. The van der Waals surface area contributed by atoms with Crippen molar-refractivity contribution >= 4 is 29.2 Å². The Morgan fingerprint density at radius 1 is 0.963 bits per heavy atom. The molecule has 144 valence electrons. The van der Waals surface area contributed by atoms with Crippen molar-refractivity contribution in [3.8, 4) is 11.5 Å². The van der Waals surface area contributed by atoms with Crippen molar-refractivity contribution in [3.63, 3.8) is 0 Å². The van der Waals surface area contributed by atoms with Crippen LogP contribution in [0.2, 0.25) is 5.02 Å². The lowest BCUT2D eigenvalue weighted by atomic mass is 10.3. The summed E-state index contributed by atoms with van der Waals surface area (Å²) < 4.78 is 44.9. The Kier molecular flexibility index (Phi) is 6.72. The molecule has 0 saturated carbocycles. The second-order valence-corrected chi connectivity index (χ2v) is 5.32. The van der Waals surface area contributed by atoms with E-state index in [1.54, 1.807) is 24.3 Å². The van der Waals surface area contributed by atoms with Crippen LogP contribution in [0.25, 0.3) is 0 Å². The lowest BCUT2D eigenvalue weighted by Gasteiger charge is -2.11. The summed E-state index contributed by atoms with van der Waals surface area (Å²) in [4.78, 5) is 23.3. The van der Waals surface area contributed by atoms with Gasteiger partial charge in [-0.25, -0.2) is 10.2 Å². The molecule has 0 aliphatic heterocycles. The van der Waals surface area contributed by atoms with Crippen LogP contribution in [0, 0.1) is 0 Å². The average Bonchev–Trinajstić information content (AvgIpc) is 2.60. The zero-order valence-corrected chi connectivity index (χ0v) is 14.2. The molecule has 0 aromatic heterocycles. The van der Waals surface area contributed by atoms with Crippen LogP contribution in [0.4, 0.5) is 23.7 Å². The van der Waals surface area contributed by atoms with Crippen molar-refractivity contribution in [2.75, 3.05) is 11.9 Å². The van der Waals surface area contributed by atoms with Gasteiger partial charge in [0, 0.05) is 0 Å². The van der Waals surface area contributed by atoms with Crippen LogP contribution in [0.1, 0.15) is 0 Å². The second-order valence-electron chi connectivity index (χ2n) is 4.92. The Morgan fingerprint density at radius 2 is 1.59 bits per heavy atom. The van der Waals surface area contributed by atoms with E-state index < -0.39 is 30.7 Å². The predicted molar refractivity (Wildman–Crippen MR) is 90.4 cm³/mol. The maximum atomic E-state index is 12.1. The standard InChI is InChI=1S/C16H13ClF3N3O4/c17-12-3-1-2-4-13(12)21-15(25)23-22-14(24)9-26-10-5-7-11(8-6-10)27-16(18,19)20/h1-8H,9H2,(H,22,24)(H2,21,23,25). The summed E-state index contributed by atoms with van der Waals surface area (Å²) in [6.45, 7) is -0.480. The van der Waals surface area contributed by atoms with Crippen molar-refractivity contribution in [1.82, 2.24) is 10.9 Å². The van der Waals surface area contributed by atoms with Gasteiger partial charge in [0.15, 0.2) is 6.61 Å². The lowest BCUT2D eigenvalue weighted by Crippen LogP contribution is -2.45. The zero-order chi connectivity index (χ0) is 19.9. The van der Waals surface area contributed by atoms with E-state index in [9.17, 15) is 22.8 Å². The van der Waals surface area contributed by atoms with Gasteiger partial charge in [0.1, 0.15) is 11.5 Å². The normalized spacial score (nSPS) is 10.7. The summed E-state index contributed by atoms with van der Waals surface area (Å²) in [7, 11) is 0. The first-order valence-electron chi connectivity index (χ1n) is 7.32. The fraction of sp³-hybridized carbons (Fsp3) is 0.125. The highest BCUT2D eigenvalue weighted by molar-refractivity contribution is 6.33. The molecule has 0 aliphatic rings. The van der Waals surface area contributed by atoms with E-state index in [4.69, 9.17) is 16.3 Å². The minimum atomic E-state index is -4.79. The van der Waals surface area contributed by atoms with E-state index in [-0.39, 0.29) is 5.75 Å². The number of hydrazine groups is 1. The highest BCUT2D eigenvalue weighted by Crippen LogP contribution is 2.24. The van der Waals surface area contributed by atoms with Crippen LogP contribution in [0.5, 0.6) is 11.5 Å². The molecule has 2 aromatic rings. The number of para-hydroxylation sites is 1. The number of hydrogen-bond acceptors (Lipinski definition) is 4. The van der Waals surface area contributed by atoms with Crippen molar-refractivity contribution in [2.45, 2.75) is 6.36 Å². The first-order chi connectivity index (χ1) is 12.7. The molecule has 0 aliphatic carbocycles. The summed E-state index contributed by atoms with van der Waals surface area (Å²) in [5.74, 6) is -0.975. The number of rotatable bonds is 5. The number of carbonyl (C=O) groups is 2. The molecule has 27 heavy (non-hydrogen) atoms. The van der Waals surface area contributed by atoms with E-state index in [1.807, 2.05) is 0 Å². The van der Waals surface area contributed by atoms with Gasteiger partial charge in [-0.05, 0) is 36.4 Å². The molecule has 0 atom stereocenters. The molecule has 3 amide bonds. The number of halogens is 4. The summed E-state index contributed by atoms with van der Waals surface area (Å²) >= 11 is 5.87. The summed E-state index contributed by atoms with van der Waals surface area (Å²) in [6.07, 6.45) is -4.79. The number of urea groups is 1. The third-order valence-electron chi connectivity index (χ3n) is 2.86. The van der Waals surface area contributed by atoms with Crippen molar-refractivity contribution in [1.29, 1.82) is 0 Å². The van der Waals surface area contributed by atoms with E-state index in [0.29, 0.717) is 10.7 Å². The molecule has 0 saturated heterocycles. The summed E-state index contributed by atoms with van der Waals surface area (Å²) in [5.41, 5.74) is 4.54. The van der Waals surface area contributed by atoms with E-state index >= 15 is 0 Å². The fourth-order valence-corrected chi connectivity index (χ4v) is 1.95.